The Morgan fingerprint density at radius 1 is 1.08 bits per heavy atom. The van der Waals surface area contributed by atoms with Gasteiger partial charge in [0, 0.05) is 58.2 Å². The number of aromatic nitrogens is 5. The van der Waals surface area contributed by atoms with Crippen LogP contribution in [0.1, 0.15) is 31.5 Å². The van der Waals surface area contributed by atoms with E-state index in [1.54, 1.807) is 10.8 Å². The topological polar surface area (TPSA) is 114 Å². The van der Waals surface area contributed by atoms with Crippen LogP contribution in [0.5, 0.6) is 0 Å². The van der Waals surface area contributed by atoms with E-state index < -0.39 is 5.60 Å². The fourth-order valence-corrected chi connectivity index (χ4v) is 5.54. The van der Waals surface area contributed by atoms with Crippen LogP contribution in [0.4, 0.5) is 5.82 Å². The summed E-state index contributed by atoms with van der Waals surface area (Å²) in [7, 11) is 0. The van der Waals surface area contributed by atoms with Crippen molar-refractivity contribution in [2.24, 2.45) is 0 Å². The number of fused-ring (bicyclic) bond motifs is 3. The number of aliphatic hydroxyl groups is 1. The molecule has 4 aromatic heterocycles. The van der Waals surface area contributed by atoms with Crippen molar-refractivity contribution in [3.8, 4) is 16.9 Å². The van der Waals surface area contributed by atoms with Crippen molar-refractivity contribution in [2.75, 3.05) is 5.73 Å². The van der Waals surface area contributed by atoms with Gasteiger partial charge < -0.3 is 15.8 Å². The molecule has 1 aliphatic rings. The van der Waals surface area contributed by atoms with E-state index in [9.17, 15) is 9.90 Å². The molecule has 4 N–H and O–H groups in total. The van der Waals surface area contributed by atoms with Crippen LogP contribution in [-0.4, -0.2) is 34.6 Å². The fraction of sp³-hybridized carbons (Fsp3) is 0.179. The lowest BCUT2D eigenvalue weighted by molar-refractivity contribution is -0.0335. The molecule has 178 valence electrons. The van der Waals surface area contributed by atoms with Gasteiger partial charge in [-0.2, -0.15) is 0 Å². The average molecular weight is 477 g/mol. The normalized spacial score (nSPS) is 19.8. The summed E-state index contributed by atoms with van der Waals surface area (Å²) in [4.78, 5) is 26.1. The van der Waals surface area contributed by atoms with Crippen LogP contribution < -0.4 is 11.3 Å². The van der Waals surface area contributed by atoms with E-state index in [4.69, 9.17) is 10.7 Å². The van der Waals surface area contributed by atoms with Gasteiger partial charge in [-0.3, -0.25) is 13.8 Å². The highest BCUT2D eigenvalue weighted by molar-refractivity contribution is 5.92. The summed E-state index contributed by atoms with van der Waals surface area (Å²) in [6, 6.07) is 15.6. The van der Waals surface area contributed by atoms with E-state index in [2.05, 4.69) is 9.97 Å². The first-order valence-corrected chi connectivity index (χ1v) is 12.0. The number of nitrogens with one attached hydrogen (secondary N) is 1. The van der Waals surface area contributed by atoms with E-state index >= 15 is 0 Å². The van der Waals surface area contributed by atoms with Crippen LogP contribution in [-0.2, 0) is 0 Å². The summed E-state index contributed by atoms with van der Waals surface area (Å²) >= 11 is 0. The molecular weight excluding hydrogens is 452 g/mol. The van der Waals surface area contributed by atoms with E-state index in [-0.39, 0.29) is 11.5 Å². The number of hydrogen-bond acceptors (Lipinski definition) is 5. The largest absolute Gasteiger partial charge is 0.390 e. The van der Waals surface area contributed by atoms with Gasteiger partial charge in [0.15, 0.2) is 0 Å². The standard InChI is InChI=1S/C28H24N6O2/c1-28(36)14-19(15-28)26-32-23(24-25(29)31-9-11-34(24)26)18-3-2-16-7-10-33(27(35)21(16)13-18)20-4-5-22-17(12-20)6-8-30-22/h2-13,19,30,36H,14-15H2,1H3,(H2,29,31). The molecule has 8 nitrogen and oxygen atoms in total. The van der Waals surface area contributed by atoms with Crippen LogP contribution in [0.2, 0.25) is 0 Å². The number of hydrogen-bond donors (Lipinski definition) is 3. The molecule has 2 aromatic carbocycles. The molecule has 0 saturated heterocycles. The number of benzene rings is 2. The Bertz CT molecular complexity index is 1870. The summed E-state index contributed by atoms with van der Waals surface area (Å²) in [5, 5.41) is 12.8. The molecule has 4 heterocycles. The summed E-state index contributed by atoms with van der Waals surface area (Å²) in [6.45, 7) is 1.85. The summed E-state index contributed by atoms with van der Waals surface area (Å²) in [5.41, 5.74) is 9.57. The van der Waals surface area contributed by atoms with Crippen LogP contribution in [0.3, 0.4) is 0 Å². The van der Waals surface area contributed by atoms with E-state index in [0.717, 1.165) is 33.4 Å². The molecule has 0 unspecified atom stereocenters. The molecule has 7 rings (SSSR count). The average Bonchev–Trinajstić information content (AvgIpc) is 3.48. The number of aromatic amines is 1. The third-order valence-electron chi connectivity index (χ3n) is 7.34. The number of H-pyrrole nitrogens is 1. The predicted molar refractivity (Wildman–Crippen MR) is 140 cm³/mol. The van der Waals surface area contributed by atoms with Crippen molar-refractivity contribution < 1.29 is 5.11 Å². The number of imidazole rings is 1. The second-order valence-corrected chi connectivity index (χ2v) is 9.99. The molecule has 36 heavy (non-hydrogen) atoms. The van der Waals surface area contributed by atoms with E-state index in [1.807, 2.05) is 78.4 Å². The first-order chi connectivity index (χ1) is 17.4. The Morgan fingerprint density at radius 2 is 1.94 bits per heavy atom. The van der Waals surface area contributed by atoms with Gasteiger partial charge in [0.25, 0.3) is 5.56 Å². The molecule has 8 heteroatoms. The fourth-order valence-electron chi connectivity index (χ4n) is 5.54. The lowest BCUT2D eigenvalue weighted by atomic mass is 9.72. The molecule has 1 saturated carbocycles. The zero-order chi connectivity index (χ0) is 24.6. The summed E-state index contributed by atoms with van der Waals surface area (Å²) < 4.78 is 3.64. The van der Waals surface area contributed by atoms with Crippen molar-refractivity contribution in [1.29, 1.82) is 0 Å². The van der Waals surface area contributed by atoms with Crippen LogP contribution in [0.15, 0.2) is 78.1 Å². The molecular formula is C28H24N6O2. The monoisotopic (exact) mass is 476 g/mol. The lowest BCUT2D eigenvalue weighted by Crippen LogP contribution is -2.40. The highest BCUT2D eigenvalue weighted by atomic mass is 16.3. The lowest BCUT2D eigenvalue weighted by Gasteiger charge is -2.40. The smallest absolute Gasteiger partial charge is 0.262 e. The second-order valence-electron chi connectivity index (χ2n) is 9.99. The SMILES string of the molecule is CC1(O)CC(c2nc(-c3ccc4ccn(-c5ccc6[nH]ccc6c5)c(=O)c4c3)c3c(N)nccn23)C1. The first kappa shape index (κ1) is 20.9. The molecule has 0 aliphatic heterocycles. The van der Waals surface area contributed by atoms with Gasteiger partial charge in [0.1, 0.15) is 22.9 Å². The Kier molecular flexibility index (Phi) is 4.23. The van der Waals surface area contributed by atoms with Gasteiger partial charge in [-0.05, 0) is 61.5 Å². The summed E-state index contributed by atoms with van der Waals surface area (Å²) in [6.07, 6.45) is 8.50. The Balaban J connectivity index is 1.40. The highest BCUT2D eigenvalue weighted by Crippen LogP contribution is 2.45. The van der Waals surface area contributed by atoms with E-state index in [0.29, 0.717) is 35.3 Å². The molecule has 1 aliphatic carbocycles. The van der Waals surface area contributed by atoms with Gasteiger partial charge in [-0.15, -0.1) is 0 Å². The number of nitrogens with two attached hydrogens (primary N) is 1. The molecule has 1 fully saturated rings. The first-order valence-electron chi connectivity index (χ1n) is 12.0. The zero-order valence-corrected chi connectivity index (χ0v) is 19.6. The van der Waals surface area contributed by atoms with Gasteiger partial charge in [-0.1, -0.05) is 12.1 Å². The van der Waals surface area contributed by atoms with Crippen LogP contribution in [0, 0.1) is 0 Å². The minimum atomic E-state index is -0.674. The quantitative estimate of drug-likeness (QED) is 0.350. The zero-order valence-electron chi connectivity index (χ0n) is 19.6. The minimum absolute atomic E-state index is 0.103. The maximum atomic E-state index is 13.6. The van der Waals surface area contributed by atoms with Crippen molar-refractivity contribution in [1.82, 2.24) is 23.9 Å². The van der Waals surface area contributed by atoms with E-state index in [1.165, 1.54) is 0 Å². The maximum Gasteiger partial charge on any atom is 0.262 e. The Hall–Kier alpha value is -4.43. The number of pyridine rings is 1. The third-order valence-corrected chi connectivity index (χ3v) is 7.34. The molecule has 0 spiro atoms. The van der Waals surface area contributed by atoms with Crippen molar-refractivity contribution in [3.05, 3.63) is 89.5 Å². The molecule has 0 amide bonds. The van der Waals surface area contributed by atoms with Gasteiger partial charge in [0.05, 0.1) is 5.60 Å². The molecule has 0 radical (unpaired) electrons. The minimum Gasteiger partial charge on any atom is -0.390 e. The van der Waals surface area contributed by atoms with Crippen molar-refractivity contribution in [3.63, 3.8) is 0 Å². The number of nitrogen functional groups attached to an aromatic ring is 1. The summed E-state index contributed by atoms with van der Waals surface area (Å²) in [5.74, 6) is 1.36. The van der Waals surface area contributed by atoms with Crippen molar-refractivity contribution in [2.45, 2.75) is 31.3 Å². The highest BCUT2D eigenvalue weighted by Gasteiger charge is 2.41. The molecule has 0 atom stereocenters. The number of nitrogens with zero attached hydrogens (tertiary/aromatic N) is 4. The molecule has 6 aromatic rings. The third kappa shape index (κ3) is 3.08. The Morgan fingerprint density at radius 3 is 2.78 bits per heavy atom. The molecule has 0 bridgehead atoms. The van der Waals surface area contributed by atoms with Gasteiger partial charge in [0.2, 0.25) is 0 Å². The van der Waals surface area contributed by atoms with Gasteiger partial charge >= 0.3 is 0 Å². The maximum absolute atomic E-state index is 13.6. The van der Waals surface area contributed by atoms with Crippen LogP contribution in [0.25, 0.3) is 44.1 Å². The van der Waals surface area contributed by atoms with Gasteiger partial charge in [-0.25, -0.2) is 9.97 Å². The number of rotatable bonds is 3. The predicted octanol–water partition coefficient (Wildman–Crippen LogP) is 4.39. The number of anilines is 1. The van der Waals surface area contributed by atoms with Crippen molar-refractivity contribution >= 4 is 33.0 Å². The van der Waals surface area contributed by atoms with Crippen LogP contribution >= 0.6 is 0 Å². The Labute approximate surface area is 205 Å². The second kappa shape index (κ2) is 7.29.